The molecule has 1 aromatic carbocycles. The molecule has 178 valence electrons. The summed E-state index contributed by atoms with van der Waals surface area (Å²) in [5.41, 5.74) is 7.11. The number of aromatic nitrogens is 1. The molecule has 3 unspecified atom stereocenters. The number of carbonyl (C=O) groups is 2. The first-order chi connectivity index (χ1) is 16.1. The number of aromatic carboxylic acids is 1. The number of hydrogen-bond acceptors (Lipinski definition) is 8. The summed E-state index contributed by atoms with van der Waals surface area (Å²) < 4.78 is 38.1. The van der Waals surface area contributed by atoms with E-state index in [4.69, 9.17) is 5.73 Å². The first-order valence-corrected chi connectivity index (χ1v) is 13.0. The number of benzene rings is 1. The highest BCUT2D eigenvalue weighted by Gasteiger charge is 2.42. The quantitative estimate of drug-likeness (QED) is 0.336. The lowest BCUT2D eigenvalue weighted by Gasteiger charge is -2.33. The van der Waals surface area contributed by atoms with E-state index in [0.29, 0.717) is 16.8 Å². The second kappa shape index (κ2) is 8.93. The number of nitrogens with zero attached hydrogens (tertiary/aromatic N) is 2. The fourth-order valence-corrected chi connectivity index (χ4v) is 5.29. The third kappa shape index (κ3) is 4.40. The Morgan fingerprint density at radius 3 is 2.56 bits per heavy atom. The van der Waals surface area contributed by atoms with Crippen LogP contribution in [0, 0.1) is 0 Å². The number of carboxylic acid groups (broad SMARTS) is 1. The lowest BCUT2D eigenvalue weighted by molar-refractivity contribution is -0.119. The number of rotatable bonds is 8. The van der Waals surface area contributed by atoms with Gasteiger partial charge in [-0.05, 0) is 30.7 Å². The molecule has 1 amide bonds. The molecule has 5 N–H and O–H groups in total. The van der Waals surface area contributed by atoms with Crippen LogP contribution in [-0.2, 0) is 14.8 Å². The summed E-state index contributed by atoms with van der Waals surface area (Å²) in [6.45, 7) is 1.50. The van der Waals surface area contributed by atoms with Gasteiger partial charge in [0.1, 0.15) is 23.0 Å². The number of sulfonamides is 1. The SMILES string of the molecule is CCS(=O)(=O)Nc1ccc(C(C(N)=O)N2c3c(C(=O)O)ccnc3NC2c2cc[s+]([O-])c2)cc1. The van der Waals surface area contributed by atoms with Crippen molar-refractivity contribution in [3.63, 3.8) is 0 Å². The smallest absolute Gasteiger partial charge is 0.338 e. The minimum absolute atomic E-state index is 0.0951. The molecule has 3 aromatic rings. The van der Waals surface area contributed by atoms with Crippen LogP contribution in [0.5, 0.6) is 0 Å². The van der Waals surface area contributed by atoms with Crippen molar-refractivity contribution in [3.05, 3.63) is 70.0 Å². The van der Waals surface area contributed by atoms with Gasteiger partial charge >= 0.3 is 5.97 Å². The van der Waals surface area contributed by atoms with Gasteiger partial charge in [0, 0.05) is 18.0 Å². The van der Waals surface area contributed by atoms with E-state index in [2.05, 4.69) is 15.0 Å². The summed E-state index contributed by atoms with van der Waals surface area (Å²) in [6, 6.07) is 7.83. The van der Waals surface area contributed by atoms with E-state index >= 15 is 0 Å². The van der Waals surface area contributed by atoms with Crippen molar-refractivity contribution in [2.75, 3.05) is 20.7 Å². The van der Waals surface area contributed by atoms with E-state index in [1.807, 2.05) is 0 Å². The van der Waals surface area contributed by atoms with Crippen molar-refractivity contribution in [1.29, 1.82) is 0 Å². The molecule has 2 aromatic heterocycles. The first kappa shape index (κ1) is 23.5. The van der Waals surface area contributed by atoms with Gasteiger partial charge in [-0.1, -0.05) is 22.9 Å². The maximum absolute atomic E-state index is 12.7. The number of primary amides is 1. The number of thiophene rings is 1. The number of nitrogens with two attached hydrogens (primary N) is 1. The van der Waals surface area contributed by atoms with E-state index < -0.39 is 44.9 Å². The number of nitrogens with one attached hydrogen (secondary N) is 2. The van der Waals surface area contributed by atoms with Crippen LogP contribution in [-0.4, -0.2) is 40.7 Å². The second-order valence-electron chi connectivity index (χ2n) is 7.50. The monoisotopic (exact) mass is 503 g/mol. The summed E-state index contributed by atoms with van der Waals surface area (Å²) in [5, 5.41) is 15.8. The molecule has 0 saturated heterocycles. The molecule has 13 heteroatoms. The van der Waals surface area contributed by atoms with Crippen molar-refractivity contribution in [1.82, 2.24) is 4.98 Å². The molecule has 0 aliphatic carbocycles. The number of pyridine rings is 1. The normalized spacial score (nSPS) is 16.5. The first-order valence-electron chi connectivity index (χ1n) is 10.1. The molecular weight excluding hydrogens is 482 g/mol. The topological polar surface area (TPSA) is 178 Å². The molecule has 3 heterocycles. The predicted molar refractivity (Wildman–Crippen MR) is 127 cm³/mol. The molecule has 0 fully saturated rings. The van der Waals surface area contributed by atoms with Crippen LogP contribution in [0.15, 0.2) is 53.4 Å². The largest absolute Gasteiger partial charge is 0.591 e. The minimum atomic E-state index is -3.50. The summed E-state index contributed by atoms with van der Waals surface area (Å²) >= 11 is 0. The van der Waals surface area contributed by atoms with Crippen molar-refractivity contribution in [2.45, 2.75) is 19.1 Å². The molecule has 3 atom stereocenters. The molecular formula is C21H21N5O6S2. The fraction of sp³-hybridized carbons (Fsp3) is 0.190. The Kier molecular flexibility index (Phi) is 6.17. The van der Waals surface area contributed by atoms with Crippen molar-refractivity contribution >= 4 is 49.8 Å². The molecule has 1 aliphatic heterocycles. The lowest BCUT2D eigenvalue weighted by Crippen LogP contribution is -2.40. The highest BCUT2D eigenvalue weighted by Crippen LogP contribution is 2.47. The molecule has 0 bridgehead atoms. The standard InChI is InChI=1S/C21H21N5O6S2/c1-2-34(31,32)25-14-5-3-12(4-6-14)16(18(22)27)26-17-15(21(28)29)7-9-23-19(17)24-20(26)13-8-10-33(30)11-13/h3-11,16,20,25H,2H2,1H3,(H2,22,27)(H,23,24)(H,28,29). The van der Waals surface area contributed by atoms with E-state index in [-0.39, 0.29) is 22.8 Å². The third-order valence-electron chi connectivity index (χ3n) is 5.35. The van der Waals surface area contributed by atoms with Gasteiger partial charge in [0.15, 0.2) is 5.82 Å². The van der Waals surface area contributed by atoms with Crippen LogP contribution in [0.25, 0.3) is 0 Å². The Labute approximate surface area is 198 Å². The molecule has 0 radical (unpaired) electrons. The van der Waals surface area contributed by atoms with Gasteiger partial charge in [-0.2, -0.15) is 0 Å². The van der Waals surface area contributed by atoms with Crippen LogP contribution >= 0.6 is 10.8 Å². The number of anilines is 3. The number of carboxylic acids is 1. The minimum Gasteiger partial charge on any atom is -0.591 e. The van der Waals surface area contributed by atoms with E-state index in [9.17, 15) is 27.7 Å². The number of amides is 1. The molecule has 4 rings (SSSR count). The molecule has 0 saturated carbocycles. The molecule has 0 spiro atoms. The molecule has 11 nitrogen and oxygen atoms in total. The zero-order valence-corrected chi connectivity index (χ0v) is 19.5. The van der Waals surface area contributed by atoms with Crippen LogP contribution in [0.4, 0.5) is 17.2 Å². The van der Waals surface area contributed by atoms with Gasteiger partial charge < -0.3 is 25.6 Å². The molecule has 1 aliphatic rings. The van der Waals surface area contributed by atoms with Crippen LogP contribution in [0.2, 0.25) is 0 Å². The maximum atomic E-state index is 12.7. The Hall–Kier alpha value is -3.68. The van der Waals surface area contributed by atoms with Crippen molar-refractivity contribution < 1.29 is 27.7 Å². The Balaban J connectivity index is 1.83. The number of fused-ring (bicyclic) bond motifs is 1. The number of hydrogen-bond donors (Lipinski definition) is 4. The third-order valence-corrected chi connectivity index (χ3v) is 7.57. The summed E-state index contributed by atoms with van der Waals surface area (Å²) in [6.07, 6.45) is 0.558. The van der Waals surface area contributed by atoms with Gasteiger partial charge in [-0.15, -0.1) is 0 Å². The second-order valence-corrected chi connectivity index (χ2v) is 10.7. The van der Waals surface area contributed by atoms with Crippen LogP contribution < -0.4 is 20.7 Å². The van der Waals surface area contributed by atoms with Crippen molar-refractivity contribution in [3.8, 4) is 0 Å². The van der Waals surface area contributed by atoms with Gasteiger partial charge in [-0.3, -0.25) is 9.52 Å². The predicted octanol–water partition coefficient (Wildman–Crippen LogP) is 2.43. The zero-order chi connectivity index (χ0) is 24.6. The van der Waals surface area contributed by atoms with Gasteiger partial charge in [0.25, 0.3) is 0 Å². The zero-order valence-electron chi connectivity index (χ0n) is 17.8. The van der Waals surface area contributed by atoms with Crippen LogP contribution in [0.3, 0.4) is 0 Å². The maximum Gasteiger partial charge on any atom is 0.338 e. The Morgan fingerprint density at radius 1 is 1.29 bits per heavy atom. The number of carbonyl (C=O) groups excluding carboxylic acids is 1. The lowest BCUT2D eigenvalue weighted by atomic mass is 10.0. The van der Waals surface area contributed by atoms with Crippen molar-refractivity contribution in [2.24, 2.45) is 5.73 Å². The summed E-state index contributed by atoms with van der Waals surface area (Å²) in [5.74, 6) is -1.87. The van der Waals surface area contributed by atoms with Gasteiger partial charge in [0.2, 0.25) is 15.9 Å². The van der Waals surface area contributed by atoms with E-state index in [1.54, 1.807) is 6.07 Å². The van der Waals surface area contributed by atoms with Crippen LogP contribution in [0.1, 0.15) is 40.6 Å². The van der Waals surface area contributed by atoms with E-state index in [0.717, 1.165) is 0 Å². The Morgan fingerprint density at radius 2 is 2.00 bits per heavy atom. The van der Waals surface area contributed by atoms with E-state index in [1.165, 1.54) is 59.1 Å². The van der Waals surface area contributed by atoms with Gasteiger partial charge in [-0.25, -0.2) is 18.2 Å². The van der Waals surface area contributed by atoms with Gasteiger partial charge in [0.05, 0.1) is 22.6 Å². The summed E-state index contributed by atoms with van der Waals surface area (Å²) in [4.78, 5) is 30.4. The molecule has 34 heavy (non-hydrogen) atoms. The summed E-state index contributed by atoms with van der Waals surface area (Å²) in [7, 11) is -4.85. The average molecular weight is 504 g/mol. The highest BCUT2D eigenvalue weighted by molar-refractivity contribution is 7.92. The average Bonchev–Trinajstić information content (AvgIpc) is 3.38. The Bertz CT molecular complexity index is 1360. The fourth-order valence-electron chi connectivity index (χ4n) is 3.80. The highest BCUT2D eigenvalue weighted by atomic mass is 32.2.